The van der Waals surface area contributed by atoms with Crippen LogP contribution in [0.4, 0.5) is 9.59 Å². The van der Waals surface area contributed by atoms with Gasteiger partial charge in [0.05, 0.1) is 14.9 Å². The van der Waals surface area contributed by atoms with Crippen LogP contribution in [0.15, 0.2) is 53.7 Å². The maximum atomic E-state index is 12.7. The van der Waals surface area contributed by atoms with Gasteiger partial charge in [0.2, 0.25) is 10.0 Å². The number of hydrogen-bond donors (Lipinski definition) is 4. The molecular weight excluding hydrogens is 846 g/mol. The Morgan fingerprint density at radius 3 is 1.62 bits per heavy atom. The number of rotatable bonds is 13. The van der Waals surface area contributed by atoms with Crippen LogP contribution in [0, 0.1) is 6.92 Å². The number of nitrogens with one attached hydrogen (secondary N) is 3. The molecule has 0 bridgehead atoms. The lowest BCUT2D eigenvalue weighted by Gasteiger charge is -2.19. The van der Waals surface area contributed by atoms with Crippen molar-refractivity contribution in [1.29, 1.82) is 0 Å². The smallest absolute Gasteiger partial charge is 0.407 e. The van der Waals surface area contributed by atoms with E-state index in [1.807, 2.05) is 52.8 Å². The van der Waals surface area contributed by atoms with Gasteiger partial charge in [-0.25, -0.2) is 32.7 Å². The van der Waals surface area contributed by atoms with E-state index >= 15 is 0 Å². The van der Waals surface area contributed by atoms with Crippen molar-refractivity contribution in [3.63, 3.8) is 0 Å². The number of pyridine rings is 2. The fourth-order valence-electron chi connectivity index (χ4n) is 5.18. The molecule has 0 fully saturated rings. The minimum Gasteiger partial charge on any atom is -0.444 e. The molecule has 0 aliphatic rings. The highest BCUT2D eigenvalue weighted by molar-refractivity contribution is 7.89. The molecule has 12 nitrogen and oxygen atoms in total. The van der Waals surface area contributed by atoms with Crippen molar-refractivity contribution in [2.75, 3.05) is 13.1 Å². The van der Waals surface area contributed by atoms with E-state index in [0.717, 1.165) is 42.0 Å². The molecule has 322 valence electrons. The summed E-state index contributed by atoms with van der Waals surface area (Å²) >= 11 is 24.1. The van der Waals surface area contributed by atoms with Crippen molar-refractivity contribution >= 4 is 90.2 Å². The molecule has 0 aliphatic heterocycles. The predicted molar refractivity (Wildman–Crippen MR) is 238 cm³/mol. The van der Waals surface area contributed by atoms with Crippen LogP contribution in [0.1, 0.15) is 99.5 Å². The van der Waals surface area contributed by atoms with Gasteiger partial charge in [0.25, 0.3) is 0 Å². The number of aryl methyl sites for hydroxylation is 1. The quantitative estimate of drug-likeness (QED) is 0.0752. The van der Waals surface area contributed by atoms with Crippen LogP contribution in [-0.4, -0.2) is 66.9 Å². The van der Waals surface area contributed by atoms with Crippen molar-refractivity contribution in [3.8, 4) is 0 Å². The van der Waals surface area contributed by atoms with E-state index < -0.39 is 27.3 Å². The molecule has 0 unspecified atom stereocenters. The predicted octanol–water partition coefficient (Wildman–Crippen LogP) is 10.8. The molecule has 4 rings (SSSR count). The first kappa shape index (κ1) is 51.0. The zero-order valence-corrected chi connectivity index (χ0v) is 38.6. The van der Waals surface area contributed by atoms with Crippen molar-refractivity contribution in [2.45, 2.75) is 129 Å². The van der Waals surface area contributed by atoms with Gasteiger partial charge in [-0.3, -0.25) is 0 Å². The summed E-state index contributed by atoms with van der Waals surface area (Å²) in [7, 11) is -3.73. The Morgan fingerprint density at radius 1 is 0.707 bits per heavy atom. The van der Waals surface area contributed by atoms with E-state index in [4.69, 9.17) is 61.6 Å². The fourth-order valence-corrected chi connectivity index (χ4v) is 7.32. The highest BCUT2D eigenvalue weighted by Gasteiger charge is 2.20. The SMILES string of the molecule is C[C@@H](N)CCCCNC(=O)OC(C)(C)C.C[C@H](CCCCNC(=O)OC(C)(C)C)NS(=O)(=O)c1ccc2c(Cl)cnc(Cl)c2c1.Cc1ccc2c(Cl)cnc(Cl)c2c1. The number of alkyl carbamates (subject to hydrolysis) is 2. The van der Waals surface area contributed by atoms with E-state index in [9.17, 15) is 18.0 Å². The first-order valence-corrected chi connectivity index (χ1v) is 22.0. The van der Waals surface area contributed by atoms with E-state index in [-0.39, 0.29) is 28.2 Å². The van der Waals surface area contributed by atoms with Crippen LogP contribution in [0.3, 0.4) is 0 Å². The number of fused-ring (bicyclic) bond motifs is 2. The Balaban J connectivity index is 0.000000343. The number of hydrogen-bond acceptors (Lipinski definition) is 9. The summed E-state index contributed by atoms with van der Waals surface area (Å²) in [6.07, 6.45) is 7.24. The number of nitrogens with two attached hydrogens (primary N) is 1. The topological polar surface area (TPSA) is 175 Å². The molecule has 2 amide bonds. The molecule has 2 heterocycles. The Kier molecular flexibility index (Phi) is 20.7. The van der Waals surface area contributed by atoms with E-state index in [1.165, 1.54) is 18.3 Å². The average Bonchev–Trinajstić information content (AvgIpc) is 3.10. The molecule has 0 saturated heterocycles. The summed E-state index contributed by atoms with van der Waals surface area (Å²) in [5.74, 6) is 0. The molecule has 2 aromatic carbocycles. The van der Waals surface area contributed by atoms with Gasteiger partial charge in [-0.1, -0.05) is 83.0 Å². The number of amides is 2. The standard InChI is InChI=1S/C20H27Cl2N3O4S.C11H24N2O2.C10H7Cl2N/c1-13(7-5-6-10-23-19(26)29-20(2,3)4)25-30(27,28)14-8-9-15-16(11-14)18(22)24-12-17(15)21;1-9(12)7-5-6-8-13-10(14)15-11(2,3)4;1-6-2-3-7-8(4-6)10(12)13-5-9(7)11/h8-9,11-13,25H,5-7,10H2,1-4H3,(H,23,26);9H,5-8,12H2,1-4H3,(H,13,14);2-5H,1H3/t13-;9-;/m11./s1. The monoisotopic (exact) mass is 902 g/mol. The lowest BCUT2D eigenvalue weighted by molar-refractivity contribution is 0.0515. The largest absolute Gasteiger partial charge is 0.444 e. The third kappa shape index (κ3) is 19.3. The molecule has 4 aromatic rings. The summed E-state index contributed by atoms with van der Waals surface area (Å²) in [6.45, 7) is 17.9. The summed E-state index contributed by atoms with van der Waals surface area (Å²) in [4.78, 5) is 30.8. The molecule has 0 radical (unpaired) electrons. The summed E-state index contributed by atoms with van der Waals surface area (Å²) < 4.78 is 38.3. The van der Waals surface area contributed by atoms with E-state index in [2.05, 4.69) is 25.3 Å². The number of unbranched alkanes of at least 4 members (excludes halogenated alkanes) is 2. The molecule has 17 heteroatoms. The molecule has 5 N–H and O–H groups in total. The van der Waals surface area contributed by atoms with Crippen LogP contribution in [-0.2, 0) is 19.5 Å². The van der Waals surface area contributed by atoms with Gasteiger partial charge in [0.15, 0.2) is 0 Å². The van der Waals surface area contributed by atoms with Crippen LogP contribution in [0.25, 0.3) is 21.5 Å². The Labute approximate surface area is 363 Å². The fraction of sp³-hybridized carbons (Fsp3) is 0.512. The summed E-state index contributed by atoms with van der Waals surface area (Å²) in [5.41, 5.74) is 5.80. The van der Waals surface area contributed by atoms with Crippen molar-refractivity contribution in [2.24, 2.45) is 5.73 Å². The van der Waals surface area contributed by atoms with Gasteiger partial charge in [0, 0.05) is 59.1 Å². The summed E-state index contributed by atoms with van der Waals surface area (Å²) in [6, 6.07) is 10.5. The molecule has 0 spiro atoms. The highest BCUT2D eigenvalue weighted by atomic mass is 35.5. The lowest BCUT2D eigenvalue weighted by atomic mass is 10.1. The Bertz CT molecular complexity index is 2070. The number of nitrogens with zero attached hydrogens (tertiary/aromatic N) is 2. The second kappa shape index (κ2) is 23.6. The van der Waals surface area contributed by atoms with Gasteiger partial charge in [-0.15, -0.1) is 0 Å². The molecular formula is C41H58Cl4N6O6S. The van der Waals surface area contributed by atoms with Crippen LogP contribution in [0.5, 0.6) is 0 Å². The third-order valence-electron chi connectivity index (χ3n) is 7.86. The van der Waals surface area contributed by atoms with Gasteiger partial charge in [-0.05, 0) is 106 Å². The van der Waals surface area contributed by atoms with Gasteiger partial charge >= 0.3 is 12.2 Å². The van der Waals surface area contributed by atoms with Crippen LogP contribution >= 0.6 is 46.4 Å². The molecule has 2 aromatic heterocycles. The minimum atomic E-state index is -3.73. The second-order valence-electron chi connectivity index (χ2n) is 15.9. The second-order valence-corrected chi connectivity index (χ2v) is 19.1. The molecule has 0 aliphatic carbocycles. The average molecular weight is 905 g/mol. The number of ether oxygens (including phenoxy) is 2. The van der Waals surface area contributed by atoms with E-state index in [1.54, 1.807) is 40.0 Å². The zero-order chi connectivity index (χ0) is 43.8. The number of sulfonamides is 1. The highest BCUT2D eigenvalue weighted by Crippen LogP contribution is 2.30. The van der Waals surface area contributed by atoms with Gasteiger partial charge < -0.3 is 25.8 Å². The zero-order valence-electron chi connectivity index (χ0n) is 34.8. The summed E-state index contributed by atoms with van der Waals surface area (Å²) in [5, 5.41) is 10.1. The molecule has 58 heavy (non-hydrogen) atoms. The first-order chi connectivity index (χ1) is 26.9. The maximum absolute atomic E-state index is 12.7. The van der Waals surface area contributed by atoms with Crippen LogP contribution < -0.4 is 21.1 Å². The number of carbonyl (C=O) groups excluding carboxylic acids is 2. The van der Waals surface area contributed by atoms with Gasteiger partial charge in [-0.2, -0.15) is 0 Å². The Hall–Kier alpha value is -3.17. The Morgan fingerprint density at radius 2 is 1.16 bits per heavy atom. The molecule has 0 saturated carbocycles. The first-order valence-electron chi connectivity index (χ1n) is 19.0. The lowest BCUT2D eigenvalue weighted by Crippen LogP contribution is -2.34. The normalized spacial score (nSPS) is 12.7. The number of carbonyl (C=O) groups is 2. The van der Waals surface area contributed by atoms with Gasteiger partial charge in [0.1, 0.15) is 21.5 Å². The molecule has 2 atom stereocenters. The maximum Gasteiger partial charge on any atom is 0.407 e. The number of halogens is 4. The van der Waals surface area contributed by atoms with Crippen molar-refractivity contribution in [1.82, 2.24) is 25.3 Å². The third-order valence-corrected chi connectivity index (χ3v) is 10.7. The van der Waals surface area contributed by atoms with Crippen LogP contribution in [0.2, 0.25) is 20.4 Å². The number of benzene rings is 2. The van der Waals surface area contributed by atoms with E-state index in [0.29, 0.717) is 51.9 Å². The number of aromatic nitrogens is 2. The van der Waals surface area contributed by atoms with Crippen molar-refractivity contribution in [3.05, 3.63) is 74.7 Å². The minimum absolute atomic E-state index is 0.0967. The van der Waals surface area contributed by atoms with Crippen molar-refractivity contribution < 1.29 is 27.5 Å².